The molecular weight excluding hydrogens is 320 g/mol. The van der Waals surface area contributed by atoms with Crippen molar-refractivity contribution in [2.75, 3.05) is 19.8 Å². The van der Waals surface area contributed by atoms with E-state index >= 15 is 0 Å². The summed E-state index contributed by atoms with van der Waals surface area (Å²) in [5, 5.41) is 27.7. The molecule has 2 rings (SSSR count). The third kappa shape index (κ3) is 6.57. The van der Waals surface area contributed by atoms with Crippen molar-refractivity contribution in [2.45, 2.75) is 57.5 Å². The van der Waals surface area contributed by atoms with Crippen LogP contribution in [0.25, 0.3) is 0 Å². The zero-order valence-corrected chi connectivity index (χ0v) is 15.0. The number of ether oxygens (including phenoxy) is 1. The van der Waals surface area contributed by atoms with E-state index in [0.717, 1.165) is 51.4 Å². The smallest absolute Gasteiger partial charge is 0.329 e. The fourth-order valence-electron chi connectivity index (χ4n) is 4.13. The maximum Gasteiger partial charge on any atom is 0.329 e. The molecule has 2 aliphatic carbocycles. The molecule has 3 N–H and O–H groups in total. The Labute approximate surface area is 150 Å². The predicted octanol–water partition coefficient (Wildman–Crippen LogP) is 2.92. The first kappa shape index (κ1) is 20.1. The first-order valence-electron chi connectivity index (χ1n) is 9.56. The van der Waals surface area contributed by atoms with Crippen LogP contribution >= 0.6 is 0 Å². The summed E-state index contributed by atoms with van der Waals surface area (Å²) in [6.45, 7) is 0.501. The van der Waals surface area contributed by atoms with Crippen molar-refractivity contribution < 1.29 is 24.9 Å². The first-order valence-corrected chi connectivity index (χ1v) is 9.56. The zero-order valence-electron chi connectivity index (χ0n) is 15.0. The van der Waals surface area contributed by atoms with E-state index in [1.165, 1.54) is 5.57 Å². The molecule has 0 radical (unpaired) electrons. The summed E-state index contributed by atoms with van der Waals surface area (Å²) < 4.78 is 5.13. The van der Waals surface area contributed by atoms with Gasteiger partial charge < -0.3 is 20.1 Å². The standard InChI is InChI=1S/C20H32O5/c21-9-6-4-2-1-3-5-7-17-18-12-15(8-10-25-14-20(23)24)11-16(18)13-19(17)22/h5,7,11,16-19,21-22H,1-4,6,8-10,12-14H2,(H,23,24)/t16-,17+,18-,19+/m1/s1. The van der Waals surface area contributed by atoms with Gasteiger partial charge in [-0.25, -0.2) is 4.79 Å². The van der Waals surface area contributed by atoms with E-state index in [0.29, 0.717) is 18.4 Å². The van der Waals surface area contributed by atoms with Gasteiger partial charge in [0.25, 0.3) is 0 Å². The van der Waals surface area contributed by atoms with E-state index < -0.39 is 5.97 Å². The fraction of sp³-hybridized carbons (Fsp3) is 0.750. The maximum absolute atomic E-state index is 10.4. The van der Waals surface area contributed by atoms with Crippen LogP contribution in [0.5, 0.6) is 0 Å². The van der Waals surface area contributed by atoms with Crippen LogP contribution in [0.2, 0.25) is 0 Å². The molecule has 1 saturated carbocycles. The highest BCUT2D eigenvalue weighted by Crippen LogP contribution is 2.47. The number of unbranched alkanes of at least 4 members (excludes halogenated alkanes) is 4. The molecular formula is C20H32O5. The normalized spacial score (nSPS) is 28.5. The molecule has 0 aromatic carbocycles. The van der Waals surface area contributed by atoms with Crippen molar-refractivity contribution in [1.29, 1.82) is 0 Å². The number of carboxylic acids is 1. The second-order valence-corrected chi connectivity index (χ2v) is 7.29. The van der Waals surface area contributed by atoms with E-state index in [4.69, 9.17) is 14.9 Å². The number of carboxylic acid groups (broad SMARTS) is 1. The number of carbonyl (C=O) groups is 1. The number of aliphatic hydroxyl groups is 2. The van der Waals surface area contributed by atoms with Gasteiger partial charge in [-0.05, 0) is 50.4 Å². The fourth-order valence-corrected chi connectivity index (χ4v) is 4.13. The number of fused-ring (bicyclic) bond motifs is 1. The third-order valence-electron chi connectivity index (χ3n) is 5.38. The van der Waals surface area contributed by atoms with Crippen LogP contribution in [0.15, 0.2) is 23.8 Å². The lowest BCUT2D eigenvalue weighted by molar-refractivity contribution is -0.142. The molecule has 25 heavy (non-hydrogen) atoms. The van der Waals surface area contributed by atoms with Crippen molar-refractivity contribution in [3.63, 3.8) is 0 Å². The molecule has 0 unspecified atom stereocenters. The molecule has 0 heterocycles. The molecule has 0 spiro atoms. The quantitative estimate of drug-likeness (QED) is 0.371. The molecule has 0 saturated heterocycles. The Morgan fingerprint density at radius 1 is 1.28 bits per heavy atom. The van der Waals surface area contributed by atoms with Crippen LogP contribution < -0.4 is 0 Å². The van der Waals surface area contributed by atoms with Gasteiger partial charge in [-0.2, -0.15) is 0 Å². The lowest BCUT2D eigenvalue weighted by Gasteiger charge is -2.18. The summed E-state index contributed by atoms with van der Waals surface area (Å²) in [5.41, 5.74) is 1.34. The van der Waals surface area contributed by atoms with Crippen LogP contribution in [0.3, 0.4) is 0 Å². The highest BCUT2D eigenvalue weighted by atomic mass is 16.5. The van der Waals surface area contributed by atoms with Crippen molar-refractivity contribution >= 4 is 5.97 Å². The van der Waals surface area contributed by atoms with Gasteiger partial charge in [0, 0.05) is 12.5 Å². The molecule has 0 amide bonds. The first-order chi connectivity index (χ1) is 12.1. The number of hydrogen-bond donors (Lipinski definition) is 3. The maximum atomic E-state index is 10.4. The van der Waals surface area contributed by atoms with E-state index in [1.54, 1.807) is 0 Å². The van der Waals surface area contributed by atoms with Crippen molar-refractivity contribution in [3.05, 3.63) is 23.8 Å². The highest BCUT2D eigenvalue weighted by molar-refractivity contribution is 5.67. The lowest BCUT2D eigenvalue weighted by Crippen LogP contribution is -2.17. The van der Waals surface area contributed by atoms with E-state index in [1.807, 2.05) is 0 Å². The Morgan fingerprint density at radius 3 is 2.84 bits per heavy atom. The van der Waals surface area contributed by atoms with E-state index in [9.17, 15) is 9.90 Å². The van der Waals surface area contributed by atoms with Gasteiger partial charge in [-0.15, -0.1) is 0 Å². The van der Waals surface area contributed by atoms with Crippen LogP contribution in [0.1, 0.15) is 51.4 Å². The average molecular weight is 352 g/mol. The largest absolute Gasteiger partial charge is 0.480 e. The summed E-state index contributed by atoms with van der Waals surface area (Å²) in [7, 11) is 0. The van der Waals surface area contributed by atoms with Crippen LogP contribution in [0.4, 0.5) is 0 Å². The number of hydrogen-bond acceptors (Lipinski definition) is 4. The van der Waals surface area contributed by atoms with Crippen LogP contribution in [0, 0.1) is 17.8 Å². The van der Waals surface area contributed by atoms with Gasteiger partial charge in [0.05, 0.1) is 12.7 Å². The summed E-state index contributed by atoms with van der Waals surface area (Å²) in [6, 6.07) is 0. The van der Waals surface area contributed by atoms with Gasteiger partial charge in [-0.3, -0.25) is 0 Å². The molecule has 0 aromatic heterocycles. The monoisotopic (exact) mass is 352 g/mol. The minimum atomic E-state index is -0.929. The molecule has 5 nitrogen and oxygen atoms in total. The second-order valence-electron chi connectivity index (χ2n) is 7.29. The van der Waals surface area contributed by atoms with E-state index in [2.05, 4.69) is 18.2 Å². The van der Waals surface area contributed by atoms with Gasteiger partial charge in [-0.1, -0.05) is 36.6 Å². The number of aliphatic carboxylic acids is 1. The Morgan fingerprint density at radius 2 is 2.08 bits per heavy atom. The summed E-state index contributed by atoms with van der Waals surface area (Å²) in [6.07, 6.45) is 14.3. The summed E-state index contributed by atoms with van der Waals surface area (Å²) in [4.78, 5) is 10.4. The molecule has 1 fully saturated rings. The summed E-state index contributed by atoms with van der Waals surface area (Å²) in [5.74, 6) is 0.233. The Bertz CT molecular complexity index is 471. The minimum Gasteiger partial charge on any atom is -0.480 e. The topological polar surface area (TPSA) is 87.0 Å². The van der Waals surface area contributed by atoms with Gasteiger partial charge in [0.15, 0.2) is 0 Å². The second kappa shape index (κ2) is 10.7. The molecule has 142 valence electrons. The average Bonchev–Trinajstić information content (AvgIpc) is 3.08. The number of allylic oxidation sites excluding steroid dienone is 2. The molecule has 0 aliphatic heterocycles. The lowest BCUT2D eigenvalue weighted by atomic mass is 9.89. The van der Waals surface area contributed by atoms with Gasteiger partial charge >= 0.3 is 5.97 Å². The van der Waals surface area contributed by atoms with Crippen LogP contribution in [-0.4, -0.2) is 47.2 Å². The highest BCUT2D eigenvalue weighted by Gasteiger charge is 2.43. The Kier molecular flexibility index (Phi) is 8.65. The van der Waals surface area contributed by atoms with Gasteiger partial charge in [0.2, 0.25) is 0 Å². The van der Waals surface area contributed by atoms with Crippen molar-refractivity contribution in [2.24, 2.45) is 17.8 Å². The van der Waals surface area contributed by atoms with Crippen molar-refractivity contribution in [1.82, 2.24) is 0 Å². The number of rotatable bonds is 12. The molecule has 5 heteroatoms. The minimum absolute atomic E-state index is 0.233. The third-order valence-corrected chi connectivity index (χ3v) is 5.38. The molecule has 0 bridgehead atoms. The Hall–Kier alpha value is -1.17. The predicted molar refractivity (Wildman–Crippen MR) is 96.2 cm³/mol. The van der Waals surface area contributed by atoms with Crippen LogP contribution in [-0.2, 0) is 9.53 Å². The van der Waals surface area contributed by atoms with E-state index in [-0.39, 0.29) is 25.2 Å². The molecule has 2 aliphatic rings. The Balaban J connectivity index is 1.70. The summed E-state index contributed by atoms with van der Waals surface area (Å²) >= 11 is 0. The zero-order chi connectivity index (χ0) is 18.1. The SMILES string of the molecule is O=C(O)COCCC1=C[C@@H]2C[C@H](O)[C@@H](C=CCCCCCCO)[C@@H]2C1. The molecule has 4 atom stereocenters. The van der Waals surface area contributed by atoms with Gasteiger partial charge in [0.1, 0.15) is 6.61 Å². The van der Waals surface area contributed by atoms with Crippen molar-refractivity contribution in [3.8, 4) is 0 Å². The number of aliphatic hydroxyl groups excluding tert-OH is 2. The molecule has 0 aromatic rings.